The SMILES string of the molecule is CN(C)C(=NCc1ccc(CN2CCC(C(N)=O)CC2)cc1)N(C)C. The Morgan fingerprint density at radius 2 is 1.60 bits per heavy atom. The van der Waals surface area contributed by atoms with Gasteiger partial charge in [0.2, 0.25) is 5.91 Å². The Labute approximate surface area is 151 Å². The lowest BCUT2D eigenvalue weighted by Gasteiger charge is -2.30. The number of likely N-dealkylation sites (tertiary alicyclic amines) is 1. The molecule has 1 aromatic carbocycles. The molecule has 6 heteroatoms. The maximum absolute atomic E-state index is 11.2. The van der Waals surface area contributed by atoms with Crippen LogP contribution in [0.1, 0.15) is 24.0 Å². The molecule has 2 N–H and O–H groups in total. The van der Waals surface area contributed by atoms with Crippen LogP contribution in [-0.2, 0) is 17.9 Å². The van der Waals surface area contributed by atoms with E-state index in [1.54, 1.807) is 0 Å². The second-order valence-electron chi connectivity index (χ2n) is 7.17. The standard InChI is InChI=1S/C19H31N5O/c1-22(2)19(23(3)4)21-13-15-5-7-16(8-6-15)14-24-11-9-17(10-12-24)18(20)25/h5-8,17H,9-14H2,1-4H3,(H2,20,25). The Morgan fingerprint density at radius 3 is 2.08 bits per heavy atom. The quantitative estimate of drug-likeness (QED) is 0.646. The van der Waals surface area contributed by atoms with Crippen molar-refractivity contribution in [3.8, 4) is 0 Å². The molecule has 2 rings (SSSR count). The van der Waals surface area contributed by atoms with Crippen LogP contribution >= 0.6 is 0 Å². The molecule has 0 atom stereocenters. The molecule has 1 aromatic rings. The number of benzene rings is 1. The summed E-state index contributed by atoms with van der Waals surface area (Å²) in [7, 11) is 8.01. The molecule has 1 aliphatic rings. The summed E-state index contributed by atoms with van der Waals surface area (Å²) in [5.41, 5.74) is 7.90. The van der Waals surface area contributed by atoms with Gasteiger partial charge in [-0.15, -0.1) is 0 Å². The molecule has 0 saturated carbocycles. The average Bonchev–Trinajstić information content (AvgIpc) is 2.56. The van der Waals surface area contributed by atoms with Gasteiger partial charge in [0, 0.05) is 40.7 Å². The van der Waals surface area contributed by atoms with E-state index >= 15 is 0 Å². The molecule has 1 fully saturated rings. The molecule has 1 aliphatic heterocycles. The van der Waals surface area contributed by atoms with Crippen LogP contribution < -0.4 is 5.73 Å². The van der Waals surface area contributed by atoms with E-state index in [1.165, 1.54) is 11.1 Å². The van der Waals surface area contributed by atoms with Crippen LogP contribution in [0.2, 0.25) is 0 Å². The van der Waals surface area contributed by atoms with Crippen LogP contribution in [0, 0.1) is 5.92 Å². The van der Waals surface area contributed by atoms with Crippen LogP contribution in [0.25, 0.3) is 0 Å². The number of primary amides is 1. The maximum atomic E-state index is 11.2. The van der Waals surface area contributed by atoms with E-state index in [9.17, 15) is 4.79 Å². The molecule has 25 heavy (non-hydrogen) atoms. The lowest BCUT2D eigenvalue weighted by Crippen LogP contribution is -2.38. The molecule has 138 valence electrons. The number of nitrogens with zero attached hydrogens (tertiary/aromatic N) is 4. The van der Waals surface area contributed by atoms with Crippen LogP contribution in [0.5, 0.6) is 0 Å². The van der Waals surface area contributed by atoms with Gasteiger partial charge in [0.25, 0.3) is 0 Å². The number of carbonyl (C=O) groups is 1. The van der Waals surface area contributed by atoms with Gasteiger partial charge in [-0.3, -0.25) is 9.69 Å². The Hall–Kier alpha value is -2.08. The van der Waals surface area contributed by atoms with Gasteiger partial charge in [0.1, 0.15) is 0 Å². The molecule has 0 bridgehead atoms. The zero-order chi connectivity index (χ0) is 18.4. The highest BCUT2D eigenvalue weighted by Gasteiger charge is 2.22. The molecule has 0 aromatic heterocycles. The fourth-order valence-corrected chi connectivity index (χ4v) is 3.23. The first-order valence-corrected chi connectivity index (χ1v) is 8.85. The Kier molecular flexibility index (Phi) is 6.82. The van der Waals surface area contributed by atoms with Crippen molar-refractivity contribution in [3.63, 3.8) is 0 Å². The number of hydrogen-bond acceptors (Lipinski definition) is 3. The normalized spacial score (nSPS) is 15.7. The van der Waals surface area contributed by atoms with Gasteiger partial charge >= 0.3 is 0 Å². The van der Waals surface area contributed by atoms with Gasteiger partial charge in [-0.1, -0.05) is 24.3 Å². The van der Waals surface area contributed by atoms with Gasteiger partial charge in [-0.05, 0) is 37.1 Å². The Bertz CT molecular complexity index is 576. The molecule has 0 spiro atoms. The Balaban J connectivity index is 1.88. The third-order valence-electron chi connectivity index (χ3n) is 4.62. The summed E-state index contributed by atoms with van der Waals surface area (Å²) in [4.78, 5) is 22.3. The monoisotopic (exact) mass is 345 g/mol. The highest BCUT2D eigenvalue weighted by atomic mass is 16.1. The van der Waals surface area contributed by atoms with E-state index in [1.807, 2.05) is 38.0 Å². The molecule has 0 radical (unpaired) electrons. The van der Waals surface area contributed by atoms with Crippen molar-refractivity contribution < 1.29 is 4.79 Å². The lowest BCUT2D eigenvalue weighted by atomic mass is 9.96. The second kappa shape index (κ2) is 8.85. The van der Waals surface area contributed by atoms with Crippen LogP contribution in [0.15, 0.2) is 29.3 Å². The first kappa shape index (κ1) is 19.2. The van der Waals surface area contributed by atoms with E-state index in [2.05, 4.69) is 34.2 Å². The van der Waals surface area contributed by atoms with Gasteiger partial charge in [0.15, 0.2) is 5.96 Å². The summed E-state index contributed by atoms with van der Waals surface area (Å²) in [6.07, 6.45) is 1.75. The molecule has 0 unspecified atom stereocenters. The lowest BCUT2D eigenvalue weighted by molar-refractivity contribution is -0.123. The number of hydrogen-bond donors (Lipinski definition) is 1. The molecule has 6 nitrogen and oxygen atoms in total. The fraction of sp³-hybridized carbons (Fsp3) is 0.579. The first-order chi connectivity index (χ1) is 11.9. The zero-order valence-electron chi connectivity index (χ0n) is 15.9. The third kappa shape index (κ3) is 5.74. The third-order valence-corrected chi connectivity index (χ3v) is 4.62. The van der Waals surface area contributed by atoms with Crippen LogP contribution in [0.4, 0.5) is 0 Å². The molecule has 0 aliphatic carbocycles. The molecular formula is C19H31N5O. The molecule has 1 heterocycles. The summed E-state index contributed by atoms with van der Waals surface area (Å²) < 4.78 is 0. The summed E-state index contributed by atoms with van der Waals surface area (Å²) in [6.45, 7) is 3.48. The van der Waals surface area contributed by atoms with Crippen molar-refractivity contribution in [2.24, 2.45) is 16.6 Å². The fourth-order valence-electron chi connectivity index (χ4n) is 3.23. The van der Waals surface area contributed by atoms with Crippen molar-refractivity contribution in [3.05, 3.63) is 35.4 Å². The van der Waals surface area contributed by atoms with Crippen molar-refractivity contribution >= 4 is 11.9 Å². The van der Waals surface area contributed by atoms with E-state index in [0.29, 0.717) is 6.54 Å². The van der Waals surface area contributed by atoms with Crippen LogP contribution in [0.3, 0.4) is 0 Å². The molecular weight excluding hydrogens is 314 g/mol. The minimum absolute atomic E-state index is 0.0547. The minimum atomic E-state index is -0.153. The van der Waals surface area contributed by atoms with Crippen molar-refractivity contribution in [2.75, 3.05) is 41.3 Å². The number of amides is 1. The highest BCUT2D eigenvalue weighted by molar-refractivity contribution is 5.79. The van der Waals surface area contributed by atoms with Crippen molar-refractivity contribution in [1.29, 1.82) is 0 Å². The van der Waals surface area contributed by atoms with E-state index in [0.717, 1.165) is 38.4 Å². The smallest absolute Gasteiger partial charge is 0.220 e. The van der Waals surface area contributed by atoms with E-state index in [4.69, 9.17) is 5.73 Å². The van der Waals surface area contributed by atoms with Gasteiger partial charge in [0.05, 0.1) is 6.54 Å². The maximum Gasteiger partial charge on any atom is 0.220 e. The van der Waals surface area contributed by atoms with Gasteiger partial charge < -0.3 is 15.5 Å². The van der Waals surface area contributed by atoms with Gasteiger partial charge in [-0.25, -0.2) is 4.99 Å². The van der Waals surface area contributed by atoms with Gasteiger partial charge in [-0.2, -0.15) is 0 Å². The number of piperidine rings is 1. The number of aliphatic imine (C=N–C) groups is 1. The van der Waals surface area contributed by atoms with Crippen molar-refractivity contribution in [2.45, 2.75) is 25.9 Å². The van der Waals surface area contributed by atoms with E-state index in [-0.39, 0.29) is 11.8 Å². The molecule has 1 saturated heterocycles. The average molecular weight is 345 g/mol. The predicted molar refractivity (Wildman–Crippen MR) is 102 cm³/mol. The highest BCUT2D eigenvalue weighted by Crippen LogP contribution is 2.19. The van der Waals surface area contributed by atoms with Crippen molar-refractivity contribution in [1.82, 2.24) is 14.7 Å². The summed E-state index contributed by atoms with van der Waals surface area (Å²) in [5, 5.41) is 0. The predicted octanol–water partition coefficient (Wildman–Crippen LogP) is 1.36. The topological polar surface area (TPSA) is 65.2 Å². The summed E-state index contributed by atoms with van der Waals surface area (Å²) >= 11 is 0. The first-order valence-electron chi connectivity index (χ1n) is 8.85. The largest absolute Gasteiger partial charge is 0.369 e. The Morgan fingerprint density at radius 1 is 1.08 bits per heavy atom. The zero-order valence-corrected chi connectivity index (χ0v) is 15.9. The van der Waals surface area contributed by atoms with Crippen LogP contribution in [-0.4, -0.2) is 67.8 Å². The number of nitrogens with two attached hydrogens (primary N) is 1. The number of guanidine groups is 1. The second-order valence-corrected chi connectivity index (χ2v) is 7.17. The number of carbonyl (C=O) groups excluding carboxylic acids is 1. The summed E-state index contributed by atoms with van der Waals surface area (Å²) in [6, 6.07) is 8.65. The van der Waals surface area contributed by atoms with E-state index < -0.39 is 0 Å². The minimum Gasteiger partial charge on any atom is -0.369 e. The summed E-state index contributed by atoms with van der Waals surface area (Å²) in [5.74, 6) is 0.861. The molecule has 1 amide bonds. The number of rotatable bonds is 5.